The first-order valence-corrected chi connectivity index (χ1v) is 6.48. The largest absolute Gasteiger partial charge is 0.508 e. The third kappa shape index (κ3) is 3.01. The van der Waals surface area contributed by atoms with Crippen LogP contribution in [0.4, 0.5) is 0 Å². The second-order valence-electron chi connectivity index (χ2n) is 6.17. The third-order valence-corrected chi connectivity index (χ3v) is 3.88. The van der Waals surface area contributed by atoms with Crippen molar-refractivity contribution in [2.24, 2.45) is 11.3 Å². The van der Waals surface area contributed by atoms with Gasteiger partial charge in [-0.2, -0.15) is 0 Å². The lowest BCUT2D eigenvalue weighted by atomic mass is 9.91. The summed E-state index contributed by atoms with van der Waals surface area (Å²) in [6, 6.07) is 8.13. The van der Waals surface area contributed by atoms with Gasteiger partial charge >= 0.3 is 0 Å². The SMILES string of the molecule is CC1CC(C)(C)CC1NCc1ccccc1O. The second kappa shape index (κ2) is 4.69. The average molecular weight is 233 g/mol. The summed E-state index contributed by atoms with van der Waals surface area (Å²) >= 11 is 0. The number of nitrogens with one attached hydrogen (secondary N) is 1. The monoisotopic (exact) mass is 233 g/mol. The van der Waals surface area contributed by atoms with E-state index >= 15 is 0 Å². The van der Waals surface area contributed by atoms with Crippen LogP contribution in [0.15, 0.2) is 24.3 Å². The van der Waals surface area contributed by atoms with Crippen molar-refractivity contribution in [3.05, 3.63) is 29.8 Å². The van der Waals surface area contributed by atoms with E-state index in [9.17, 15) is 5.11 Å². The summed E-state index contributed by atoms with van der Waals surface area (Å²) in [5, 5.41) is 13.3. The minimum absolute atomic E-state index is 0.393. The Kier molecular flexibility index (Phi) is 3.43. The molecule has 0 aromatic heterocycles. The van der Waals surface area contributed by atoms with Crippen LogP contribution in [0.1, 0.15) is 39.2 Å². The van der Waals surface area contributed by atoms with Gasteiger partial charge < -0.3 is 10.4 Å². The fraction of sp³-hybridized carbons (Fsp3) is 0.600. The van der Waals surface area contributed by atoms with E-state index in [0.29, 0.717) is 17.2 Å². The van der Waals surface area contributed by atoms with Crippen LogP contribution in [0.5, 0.6) is 5.75 Å². The van der Waals surface area contributed by atoms with Crippen LogP contribution in [0.3, 0.4) is 0 Å². The van der Waals surface area contributed by atoms with E-state index in [4.69, 9.17) is 0 Å². The Morgan fingerprint density at radius 1 is 1.29 bits per heavy atom. The first-order chi connectivity index (χ1) is 7.98. The number of phenolic OH excluding ortho intramolecular Hbond substituents is 1. The van der Waals surface area contributed by atoms with E-state index in [-0.39, 0.29) is 0 Å². The molecule has 0 spiro atoms. The predicted octanol–water partition coefficient (Wildman–Crippen LogP) is 3.31. The standard InChI is InChI=1S/C15H23NO/c1-11-8-15(2,3)9-13(11)16-10-12-6-4-5-7-14(12)17/h4-7,11,13,16-17H,8-10H2,1-3H3. The molecule has 0 aliphatic heterocycles. The van der Waals surface area contributed by atoms with Crippen molar-refractivity contribution < 1.29 is 5.11 Å². The molecule has 0 radical (unpaired) electrons. The van der Waals surface area contributed by atoms with Crippen LogP contribution in [-0.2, 0) is 6.54 Å². The van der Waals surface area contributed by atoms with Crippen molar-refractivity contribution >= 4 is 0 Å². The number of phenols is 1. The van der Waals surface area contributed by atoms with E-state index in [2.05, 4.69) is 26.1 Å². The fourth-order valence-electron chi connectivity index (χ4n) is 3.07. The van der Waals surface area contributed by atoms with Crippen molar-refractivity contribution in [3.8, 4) is 5.75 Å². The van der Waals surface area contributed by atoms with Crippen molar-refractivity contribution in [2.45, 2.75) is 46.2 Å². The molecule has 1 aromatic rings. The number of rotatable bonds is 3. The molecule has 2 heteroatoms. The molecule has 2 nitrogen and oxygen atoms in total. The van der Waals surface area contributed by atoms with Crippen LogP contribution in [-0.4, -0.2) is 11.1 Å². The molecule has 0 bridgehead atoms. The zero-order valence-corrected chi connectivity index (χ0v) is 11.0. The van der Waals surface area contributed by atoms with Crippen LogP contribution < -0.4 is 5.32 Å². The first kappa shape index (κ1) is 12.4. The van der Waals surface area contributed by atoms with Crippen molar-refractivity contribution in [2.75, 3.05) is 0 Å². The van der Waals surface area contributed by atoms with Gasteiger partial charge in [-0.3, -0.25) is 0 Å². The number of benzene rings is 1. The molecule has 1 aromatic carbocycles. The molecule has 1 fully saturated rings. The summed E-state index contributed by atoms with van der Waals surface area (Å²) < 4.78 is 0. The summed E-state index contributed by atoms with van der Waals surface area (Å²) in [5.41, 5.74) is 1.44. The van der Waals surface area contributed by atoms with E-state index in [0.717, 1.165) is 18.0 Å². The number of aromatic hydroxyl groups is 1. The Labute approximate surface area is 104 Å². The van der Waals surface area contributed by atoms with Crippen LogP contribution in [0.25, 0.3) is 0 Å². The minimum Gasteiger partial charge on any atom is -0.508 e. The van der Waals surface area contributed by atoms with Gasteiger partial charge in [0.25, 0.3) is 0 Å². The lowest BCUT2D eigenvalue weighted by Gasteiger charge is -2.19. The Bertz CT molecular complexity index is 386. The maximum atomic E-state index is 9.71. The van der Waals surface area contributed by atoms with Gasteiger partial charge in [-0.15, -0.1) is 0 Å². The van der Waals surface area contributed by atoms with Crippen LogP contribution >= 0.6 is 0 Å². The average Bonchev–Trinajstić information content (AvgIpc) is 2.51. The quantitative estimate of drug-likeness (QED) is 0.839. The van der Waals surface area contributed by atoms with Crippen molar-refractivity contribution in [1.82, 2.24) is 5.32 Å². The van der Waals surface area contributed by atoms with Crippen LogP contribution in [0, 0.1) is 11.3 Å². The molecular formula is C15H23NO. The summed E-state index contributed by atoms with van der Waals surface area (Å²) in [4.78, 5) is 0. The van der Waals surface area contributed by atoms with Gasteiger partial charge in [0.05, 0.1) is 0 Å². The minimum atomic E-state index is 0.393. The van der Waals surface area contributed by atoms with Gasteiger partial charge in [0, 0.05) is 18.2 Å². The molecule has 2 N–H and O–H groups in total. The lowest BCUT2D eigenvalue weighted by Crippen LogP contribution is -2.31. The highest BCUT2D eigenvalue weighted by Gasteiger charge is 2.36. The first-order valence-electron chi connectivity index (χ1n) is 6.48. The van der Waals surface area contributed by atoms with Crippen molar-refractivity contribution in [1.29, 1.82) is 0 Å². The maximum Gasteiger partial charge on any atom is 0.120 e. The Hall–Kier alpha value is -1.02. The zero-order chi connectivity index (χ0) is 12.5. The molecule has 1 aliphatic carbocycles. The van der Waals surface area contributed by atoms with Crippen LogP contribution in [0.2, 0.25) is 0 Å². The predicted molar refractivity (Wildman–Crippen MR) is 70.9 cm³/mol. The van der Waals surface area contributed by atoms with E-state index in [1.54, 1.807) is 6.07 Å². The molecule has 94 valence electrons. The van der Waals surface area contributed by atoms with Crippen molar-refractivity contribution in [3.63, 3.8) is 0 Å². The summed E-state index contributed by atoms with van der Waals surface area (Å²) in [6.07, 6.45) is 2.51. The topological polar surface area (TPSA) is 32.3 Å². The second-order valence-corrected chi connectivity index (χ2v) is 6.17. The normalized spacial score (nSPS) is 27.2. The van der Waals surface area contributed by atoms with Gasteiger partial charge in [-0.25, -0.2) is 0 Å². The Balaban J connectivity index is 1.93. The smallest absolute Gasteiger partial charge is 0.120 e. The third-order valence-electron chi connectivity index (χ3n) is 3.88. The zero-order valence-electron chi connectivity index (χ0n) is 11.0. The number of hydrogen-bond acceptors (Lipinski definition) is 2. The molecule has 1 saturated carbocycles. The molecule has 2 atom stereocenters. The molecule has 1 aliphatic rings. The molecule has 2 unspecified atom stereocenters. The molecule has 0 amide bonds. The number of hydrogen-bond donors (Lipinski definition) is 2. The lowest BCUT2D eigenvalue weighted by molar-refractivity contribution is 0.361. The fourth-order valence-corrected chi connectivity index (χ4v) is 3.07. The van der Waals surface area contributed by atoms with Gasteiger partial charge in [-0.05, 0) is 30.2 Å². The highest BCUT2D eigenvalue weighted by atomic mass is 16.3. The maximum absolute atomic E-state index is 9.71. The van der Waals surface area contributed by atoms with E-state index in [1.165, 1.54) is 12.8 Å². The molecular weight excluding hydrogens is 210 g/mol. The summed E-state index contributed by atoms with van der Waals surface area (Å²) in [6.45, 7) is 7.76. The Morgan fingerprint density at radius 3 is 2.59 bits per heavy atom. The molecule has 0 heterocycles. The van der Waals surface area contributed by atoms with Gasteiger partial charge in [0.1, 0.15) is 5.75 Å². The summed E-state index contributed by atoms with van der Waals surface area (Å²) in [7, 11) is 0. The summed E-state index contributed by atoms with van der Waals surface area (Å²) in [5.74, 6) is 1.11. The van der Waals surface area contributed by atoms with Gasteiger partial charge in [0.15, 0.2) is 0 Å². The highest BCUT2D eigenvalue weighted by Crippen LogP contribution is 2.40. The Morgan fingerprint density at radius 2 is 2.00 bits per heavy atom. The molecule has 0 saturated heterocycles. The highest BCUT2D eigenvalue weighted by molar-refractivity contribution is 5.31. The molecule has 2 rings (SSSR count). The number of para-hydroxylation sites is 1. The van der Waals surface area contributed by atoms with E-state index < -0.39 is 0 Å². The van der Waals surface area contributed by atoms with Gasteiger partial charge in [0.2, 0.25) is 0 Å². The van der Waals surface area contributed by atoms with Gasteiger partial charge in [-0.1, -0.05) is 39.0 Å². The van der Waals surface area contributed by atoms with E-state index in [1.807, 2.05) is 18.2 Å². The molecule has 17 heavy (non-hydrogen) atoms.